The van der Waals surface area contributed by atoms with Crippen LogP contribution in [0.25, 0.3) is 22.4 Å². The van der Waals surface area contributed by atoms with Crippen molar-refractivity contribution in [1.82, 2.24) is 20.2 Å². The van der Waals surface area contributed by atoms with E-state index in [2.05, 4.69) is 25.5 Å². The molecule has 1 amide bonds. The first-order valence-electron chi connectivity index (χ1n) is 9.40. The molecular weight excluding hydrogens is 402 g/mol. The van der Waals surface area contributed by atoms with Crippen LogP contribution in [0, 0.1) is 6.92 Å². The number of aromatic nitrogens is 4. The van der Waals surface area contributed by atoms with Gasteiger partial charge < -0.3 is 9.72 Å². The van der Waals surface area contributed by atoms with Crippen LogP contribution in [0.5, 0.6) is 0 Å². The second-order valence-corrected chi connectivity index (χ2v) is 7.78. The Balaban J connectivity index is 1.49. The number of imidazole rings is 1. The Morgan fingerprint density at radius 3 is 2.67 bits per heavy atom. The maximum absolute atomic E-state index is 12.6. The van der Waals surface area contributed by atoms with Crippen molar-refractivity contribution in [3.05, 3.63) is 59.1 Å². The zero-order valence-electron chi connectivity index (χ0n) is 16.4. The van der Waals surface area contributed by atoms with Gasteiger partial charge in [-0.2, -0.15) is 0 Å². The molecule has 8 nitrogen and oxygen atoms in total. The predicted octanol–water partition coefficient (Wildman–Crippen LogP) is 3.96. The summed E-state index contributed by atoms with van der Waals surface area (Å²) in [5, 5.41) is 11.5. The van der Waals surface area contributed by atoms with Gasteiger partial charge in [0, 0.05) is 5.56 Å². The van der Waals surface area contributed by atoms with Crippen molar-refractivity contribution in [2.45, 2.75) is 26.4 Å². The number of ether oxygens (including phenoxy) is 1. The van der Waals surface area contributed by atoms with Crippen molar-refractivity contribution in [3.63, 3.8) is 0 Å². The van der Waals surface area contributed by atoms with Crippen molar-refractivity contribution >= 4 is 39.4 Å². The van der Waals surface area contributed by atoms with E-state index in [0.29, 0.717) is 28.5 Å². The molecule has 0 fully saturated rings. The average Bonchev–Trinajstić information content (AvgIpc) is 3.37. The van der Waals surface area contributed by atoms with Crippen molar-refractivity contribution in [2.75, 3.05) is 5.32 Å². The fraction of sp³-hybridized carbons (Fsp3) is 0.190. The Morgan fingerprint density at radius 1 is 1.17 bits per heavy atom. The molecule has 0 aliphatic heterocycles. The molecule has 0 radical (unpaired) electrons. The van der Waals surface area contributed by atoms with Crippen LogP contribution in [-0.4, -0.2) is 38.1 Å². The van der Waals surface area contributed by atoms with Gasteiger partial charge in [-0.1, -0.05) is 48.6 Å². The first-order chi connectivity index (χ1) is 14.5. The normalized spacial score (nSPS) is 11.9. The van der Waals surface area contributed by atoms with E-state index in [0.717, 1.165) is 16.1 Å². The van der Waals surface area contributed by atoms with Gasteiger partial charge >= 0.3 is 5.97 Å². The lowest BCUT2D eigenvalue weighted by atomic mass is 10.2. The van der Waals surface area contributed by atoms with Gasteiger partial charge in [0.15, 0.2) is 6.10 Å². The molecular formula is C21H19N5O3S. The Labute approximate surface area is 176 Å². The number of hydrogen-bond acceptors (Lipinski definition) is 7. The number of H-pyrrole nitrogens is 1. The maximum atomic E-state index is 12.6. The number of rotatable bonds is 6. The molecule has 9 heteroatoms. The molecule has 0 aliphatic rings. The summed E-state index contributed by atoms with van der Waals surface area (Å²) >= 11 is 1.26. The lowest BCUT2D eigenvalue weighted by Gasteiger charge is -2.15. The summed E-state index contributed by atoms with van der Waals surface area (Å²) in [5.74, 6) is -0.298. The van der Waals surface area contributed by atoms with E-state index >= 15 is 0 Å². The summed E-state index contributed by atoms with van der Waals surface area (Å²) < 4.78 is 5.44. The largest absolute Gasteiger partial charge is 0.449 e. The number of nitrogens with zero attached hydrogens (tertiary/aromatic N) is 3. The third-order valence-electron chi connectivity index (χ3n) is 4.43. The Bertz CT molecular complexity index is 1200. The minimum absolute atomic E-state index is 0.333. The molecule has 30 heavy (non-hydrogen) atoms. The van der Waals surface area contributed by atoms with E-state index in [1.807, 2.05) is 30.3 Å². The Hall–Kier alpha value is -3.59. The van der Waals surface area contributed by atoms with Crippen LogP contribution >= 0.6 is 11.3 Å². The van der Waals surface area contributed by atoms with Crippen LogP contribution in [0.3, 0.4) is 0 Å². The molecule has 0 bridgehead atoms. The number of anilines is 1. The zero-order valence-corrected chi connectivity index (χ0v) is 17.2. The third-order valence-corrected chi connectivity index (χ3v) is 5.19. The van der Waals surface area contributed by atoms with Gasteiger partial charge in [-0.05, 0) is 31.5 Å². The van der Waals surface area contributed by atoms with Crippen LogP contribution < -0.4 is 5.32 Å². The van der Waals surface area contributed by atoms with Gasteiger partial charge in [-0.3, -0.25) is 10.1 Å². The second-order valence-electron chi connectivity index (χ2n) is 6.60. The highest BCUT2D eigenvalue weighted by Crippen LogP contribution is 2.22. The highest BCUT2D eigenvalue weighted by Gasteiger charge is 2.23. The molecule has 2 aromatic heterocycles. The average molecular weight is 421 g/mol. The number of amides is 1. The van der Waals surface area contributed by atoms with Crippen LogP contribution in [0.1, 0.15) is 28.7 Å². The quantitative estimate of drug-likeness (QED) is 0.456. The fourth-order valence-electron chi connectivity index (χ4n) is 2.92. The van der Waals surface area contributed by atoms with E-state index in [1.165, 1.54) is 11.3 Å². The zero-order chi connectivity index (χ0) is 21.1. The molecule has 1 unspecified atom stereocenters. The first-order valence-corrected chi connectivity index (χ1v) is 10.2. The Kier molecular flexibility index (Phi) is 5.53. The first kappa shape index (κ1) is 19.7. The maximum Gasteiger partial charge on any atom is 0.338 e. The van der Waals surface area contributed by atoms with Gasteiger partial charge in [0.1, 0.15) is 10.8 Å². The van der Waals surface area contributed by atoms with Gasteiger partial charge in [0.2, 0.25) is 5.13 Å². The number of carbonyl (C=O) groups is 2. The van der Waals surface area contributed by atoms with E-state index < -0.39 is 18.0 Å². The second kappa shape index (κ2) is 8.42. The topological polar surface area (TPSA) is 110 Å². The van der Waals surface area contributed by atoms with E-state index in [9.17, 15) is 9.59 Å². The van der Waals surface area contributed by atoms with Gasteiger partial charge in [-0.15, -0.1) is 10.2 Å². The fourth-order valence-corrected chi connectivity index (χ4v) is 3.52. The number of aryl methyl sites for hydroxylation is 1. The third kappa shape index (κ3) is 4.20. The van der Waals surface area contributed by atoms with E-state index in [4.69, 9.17) is 4.74 Å². The van der Waals surface area contributed by atoms with Gasteiger partial charge in [0.05, 0.1) is 16.6 Å². The van der Waals surface area contributed by atoms with E-state index in [-0.39, 0.29) is 0 Å². The van der Waals surface area contributed by atoms with Gasteiger partial charge in [-0.25, -0.2) is 9.78 Å². The van der Waals surface area contributed by atoms with Crippen LogP contribution in [0.2, 0.25) is 0 Å². The molecule has 2 aromatic carbocycles. The minimum Gasteiger partial charge on any atom is -0.449 e. The molecule has 1 atom stereocenters. The van der Waals surface area contributed by atoms with Gasteiger partial charge in [0.25, 0.3) is 5.91 Å². The molecule has 0 aliphatic carbocycles. The molecule has 2 heterocycles. The highest BCUT2D eigenvalue weighted by molar-refractivity contribution is 7.15. The van der Waals surface area contributed by atoms with Crippen LogP contribution in [0.15, 0.2) is 48.5 Å². The lowest BCUT2D eigenvalue weighted by Crippen LogP contribution is -2.32. The van der Waals surface area contributed by atoms with Crippen LogP contribution in [0.4, 0.5) is 5.13 Å². The summed E-state index contributed by atoms with van der Waals surface area (Å²) in [4.78, 5) is 32.8. The summed E-state index contributed by atoms with van der Waals surface area (Å²) in [6.45, 7) is 3.56. The number of aromatic amines is 1. The number of carbonyl (C=O) groups excluding carboxylic acids is 2. The van der Waals surface area contributed by atoms with Crippen molar-refractivity contribution < 1.29 is 14.3 Å². The molecule has 4 rings (SSSR count). The number of hydrogen-bond donors (Lipinski definition) is 2. The summed E-state index contributed by atoms with van der Waals surface area (Å²) in [6, 6.07) is 14.8. The molecule has 4 aromatic rings. The number of esters is 1. The summed E-state index contributed by atoms with van der Waals surface area (Å²) in [5.41, 5.74) is 2.74. The summed E-state index contributed by atoms with van der Waals surface area (Å²) in [6.07, 6.45) is -0.598. The molecule has 0 saturated heterocycles. The lowest BCUT2D eigenvalue weighted by molar-refractivity contribution is -0.124. The number of benzene rings is 2. The van der Waals surface area contributed by atoms with Crippen LogP contribution in [-0.2, 0) is 9.53 Å². The number of nitrogens with one attached hydrogen (secondary N) is 2. The SMILES string of the molecule is CCC(OC(=O)c1ccc2nc(-c3ccccc3)[nH]c2c1)C(=O)Nc1nnc(C)s1. The van der Waals surface area contributed by atoms with Crippen molar-refractivity contribution in [2.24, 2.45) is 0 Å². The highest BCUT2D eigenvalue weighted by atomic mass is 32.1. The monoisotopic (exact) mass is 421 g/mol. The minimum atomic E-state index is -0.931. The molecule has 2 N–H and O–H groups in total. The summed E-state index contributed by atoms with van der Waals surface area (Å²) in [7, 11) is 0. The molecule has 0 spiro atoms. The standard InChI is InChI=1S/C21H19N5O3S/c1-3-17(19(27)24-21-26-25-12(2)30-21)29-20(28)14-9-10-15-16(11-14)23-18(22-15)13-7-5-4-6-8-13/h4-11,17H,3H2,1-2H3,(H,22,23)(H,24,26,27). The molecule has 152 valence electrons. The number of fused-ring (bicyclic) bond motifs is 1. The smallest absolute Gasteiger partial charge is 0.338 e. The van der Waals surface area contributed by atoms with E-state index in [1.54, 1.807) is 32.0 Å². The Morgan fingerprint density at radius 2 is 1.97 bits per heavy atom. The predicted molar refractivity (Wildman–Crippen MR) is 114 cm³/mol. The molecule has 0 saturated carbocycles. The van der Waals surface area contributed by atoms with Crippen molar-refractivity contribution in [3.8, 4) is 11.4 Å². The van der Waals surface area contributed by atoms with Crippen molar-refractivity contribution in [1.29, 1.82) is 0 Å².